The first-order valence-electron chi connectivity index (χ1n) is 8.05. The zero-order valence-corrected chi connectivity index (χ0v) is 15.9. The molecular weight excluding hydrogens is 374 g/mol. The molecule has 0 saturated carbocycles. The van der Waals surface area contributed by atoms with Gasteiger partial charge in [-0.1, -0.05) is 6.07 Å². The van der Waals surface area contributed by atoms with Crippen LogP contribution in [0.3, 0.4) is 0 Å². The number of nitrogens with zero attached hydrogens (tertiary/aromatic N) is 1. The minimum Gasteiger partial charge on any atom is -0.423 e. The maximum atomic E-state index is 12.7. The van der Waals surface area contributed by atoms with Crippen LogP contribution >= 0.6 is 11.8 Å². The van der Waals surface area contributed by atoms with Crippen LogP contribution in [0.25, 0.3) is 0 Å². The van der Waals surface area contributed by atoms with E-state index in [-0.39, 0.29) is 10.5 Å². The molecule has 0 spiro atoms. The predicted molar refractivity (Wildman–Crippen MR) is 99.2 cm³/mol. The van der Waals surface area contributed by atoms with Crippen LogP contribution in [0.1, 0.15) is 10.4 Å². The molecule has 0 radical (unpaired) electrons. The Labute approximate surface area is 157 Å². The Morgan fingerprint density at radius 3 is 2.46 bits per heavy atom. The number of rotatable bonds is 5. The second-order valence-corrected chi connectivity index (χ2v) is 8.43. The molecule has 8 heteroatoms. The minimum atomic E-state index is -3.66. The largest absolute Gasteiger partial charge is 0.423 e. The first-order chi connectivity index (χ1) is 12.5. The van der Waals surface area contributed by atoms with Gasteiger partial charge in [-0.2, -0.15) is 4.31 Å². The molecule has 138 valence electrons. The number of morpholine rings is 1. The van der Waals surface area contributed by atoms with Gasteiger partial charge < -0.3 is 9.47 Å². The molecule has 0 unspecified atom stereocenters. The van der Waals surface area contributed by atoms with Crippen molar-refractivity contribution < 1.29 is 22.7 Å². The fourth-order valence-electron chi connectivity index (χ4n) is 2.53. The highest BCUT2D eigenvalue weighted by atomic mass is 32.2. The van der Waals surface area contributed by atoms with Crippen molar-refractivity contribution in [1.82, 2.24) is 4.31 Å². The molecule has 0 bridgehead atoms. The first kappa shape index (κ1) is 18.9. The smallest absolute Gasteiger partial charge is 0.343 e. The number of carbonyl (C=O) groups is 1. The van der Waals surface area contributed by atoms with Crippen LogP contribution in [-0.2, 0) is 14.8 Å². The van der Waals surface area contributed by atoms with Crippen molar-refractivity contribution in [1.29, 1.82) is 0 Å². The van der Waals surface area contributed by atoms with Crippen LogP contribution in [0.15, 0.2) is 58.3 Å². The highest BCUT2D eigenvalue weighted by molar-refractivity contribution is 7.98. The molecule has 2 aromatic rings. The van der Waals surface area contributed by atoms with E-state index in [1.165, 1.54) is 22.5 Å². The molecule has 0 atom stereocenters. The summed E-state index contributed by atoms with van der Waals surface area (Å²) < 4.78 is 37.3. The van der Waals surface area contributed by atoms with E-state index in [4.69, 9.17) is 9.47 Å². The summed E-state index contributed by atoms with van der Waals surface area (Å²) in [6, 6.07) is 13.0. The predicted octanol–water partition coefficient (Wildman–Crippen LogP) is 2.65. The summed E-state index contributed by atoms with van der Waals surface area (Å²) in [5, 5.41) is 0. The average Bonchev–Trinajstić information content (AvgIpc) is 2.69. The number of hydrogen-bond acceptors (Lipinski definition) is 6. The third-order valence-corrected chi connectivity index (χ3v) is 6.59. The summed E-state index contributed by atoms with van der Waals surface area (Å²) in [7, 11) is -3.66. The summed E-state index contributed by atoms with van der Waals surface area (Å²) >= 11 is 1.59. The first-order valence-corrected chi connectivity index (χ1v) is 10.7. The zero-order chi connectivity index (χ0) is 18.6. The molecule has 1 aliphatic rings. The van der Waals surface area contributed by atoms with Crippen LogP contribution in [0.2, 0.25) is 0 Å². The van der Waals surface area contributed by atoms with Crippen molar-refractivity contribution in [2.45, 2.75) is 9.79 Å². The van der Waals surface area contributed by atoms with E-state index >= 15 is 0 Å². The van der Waals surface area contributed by atoms with Crippen LogP contribution in [0.4, 0.5) is 0 Å². The van der Waals surface area contributed by atoms with Crippen molar-refractivity contribution in [2.75, 3.05) is 32.6 Å². The fraction of sp³-hybridized carbons (Fsp3) is 0.278. The molecule has 0 aliphatic carbocycles. The summed E-state index contributed by atoms with van der Waals surface area (Å²) in [4.78, 5) is 13.5. The number of esters is 1. The van der Waals surface area contributed by atoms with Crippen molar-refractivity contribution >= 4 is 27.8 Å². The third kappa shape index (κ3) is 4.27. The number of thioether (sulfide) groups is 1. The Morgan fingerprint density at radius 1 is 1.12 bits per heavy atom. The molecule has 2 aromatic carbocycles. The summed E-state index contributed by atoms with van der Waals surface area (Å²) in [6.45, 7) is 1.34. The van der Waals surface area contributed by atoms with E-state index in [1.54, 1.807) is 30.0 Å². The lowest BCUT2D eigenvalue weighted by molar-refractivity contribution is 0.0727. The Bertz CT molecular complexity index is 875. The molecule has 0 N–H and O–H groups in total. The molecule has 6 nitrogen and oxygen atoms in total. The van der Waals surface area contributed by atoms with Gasteiger partial charge in [-0.3, -0.25) is 0 Å². The summed E-state index contributed by atoms with van der Waals surface area (Å²) in [5.41, 5.74) is 0.188. The Morgan fingerprint density at radius 2 is 1.81 bits per heavy atom. The van der Waals surface area contributed by atoms with E-state index < -0.39 is 16.0 Å². The monoisotopic (exact) mass is 393 g/mol. The number of benzene rings is 2. The maximum Gasteiger partial charge on any atom is 0.343 e. The fourth-order valence-corrected chi connectivity index (χ4v) is 4.39. The number of carbonyl (C=O) groups excluding carboxylic acids is 1. The lowest BCUT2D eigenvalue weighted by Crippen LogP contribution is -2.40. The SMILES string of the molecule is CSc1ccc(OC(=O)c2cccc(S(=O)(=O)N3CCOCC3)c2)cc1. The van der Waals surface area contributed by atoms with E-state index in [2.05, 4.69) is 0 Å². The lowest BCUT2D eigenvalue weighted by atomic mass is 10.2. The molecule has 0 amide bonds. The highest BCUT2D eigenvalue weighted by Crippen LogP contribution is 2.22. The third-order valence-electron chi connectivity index (χ3n) is 3.95. The van der Waals surface area contributed by atoms with Gasteiger partial charge in [0.2, 0.25) is 10.0 Å². The van der Waals surface area contributed by atoms with Gasteiger partial charge in [0.15, 0.2) is 0 Å². The van der Waals surface area contributed by atoms with Crippen LogP contribution in [-0.4, -0.2) is 51.3 Å². The van der Waals surface area contributed by atoms with Crippen LogP contribution < -0.4 is 4.74 Å². The summed E-state index contributed by atoms with van der Waals surface area (Å²) in [6.07, 6.45) is 1.96. The number of hydrogen-bond donors (Lipinski definition) is 0. The molecule has 26 heavy (non-hydrogen) atoms. The van der Waals surface area contributed by atoms with E-state index in [1.807, 2.05) is 18.4 Å². The van der Waals surface area contributed by atoms with Crippen molar-refractivity contribution in [2.24, 2.45) is 0 Å². The van der Waals surface area contributed by atoms with E-state index in [0.717, 1.165) is 4.90 Å². The van der Waals surface area contributed by atoms with Crippen LogP contribution in [0.5, 0.6) is 5.75 Å². The Balaban J connectivity index is 1.78. The Kier molecular flexibility index (Phi) is 5.98. The van der Waals surface area contributed by atoms with E-state index in [9.17, 15) is 13.2 Å². The van der Waals surface area contributed by atoms with Gasteiger partial charge in [-0.05, 0) is 48.7 Å². The number of ether oxygens (including phenoxy) is 2. The van der Waals surface area contributed by atoms with E-state index in [0.29, 0.717) is 32.1 Å². The molecular formula is C18H19NO5S2. The van der Waals surface area contributed by atoms with Crippen molar-refractivity contribution in [3.8, 4) is 5.75 Å². The summed E-state index contributed by atoms with van der Waals surface area (Å²) in [5.74, 6) is -0.185. The van der Waals surface area contributed by atoms with Gasteiger partial charge in [0.1, 0.15) is 5.75 Å². The molecule has 1 heterocycles. The van der Waals surface area contributed by atoms with Crippen molar-refractivity contribution in [3.63, 3.8) is 0 Å². The topological polar surface area (TPSA) is 72.9 Å². The minimum absolute atomic E-state index is 0.0755. The molecule has 1 saturated heterocycles. The second-order valence-electron chi connectivity index (χ2n) is 5.61. The van der Waals surface area contributed by atoms with Gasteiger partial charge >= 0.3 is 5.97 Å². The van der Waals surface area contributed by atoms with Gasteiger partial charge in [-0.25, -0.2) is 13.2 Å². The van der Waals surface area contributed by atoms with Gasteiger partial charge in [0, 0.05) is 18.0 Å². The molecule has 0 aromatic heterocycles. The Hall–Kier alpha value is -1.87. The van der Waals surface area contributed by atoms with Gasteiger partial charge in [-0.15, -0.1) is 11.8 Å². The van der Waals surface area contributed by atoms with Gasteiger partial charge in [0.05, 0.1) is 23.7 Å². The molecule has 1 aliphatic heterocycles. The second kappa shape index (κ2) is 8.22. The molecule has 3 rings (SSSR count). The quantitative estimate of drug-likeness (QED) is 0.442. The molecule has 1 fully saturated rings. The average molecular weight is 393 g/mol. The lowest BCUT2D eigenvalue weighted by Gasteiger charge is -2.26. The van der Waals surface area contributed by atoms with Crippen LogP contribution in [0, 0.1) is 0 Å². The maximum absolute atomic E-state index is 12.7. The van der Waals surface area contributed by atoms with Crippen molar-refractivity contribution in [3.05, 3.63) is 54.1 Å². The normalized spacial score (nSPS) is 15.6. The van der Waals surface area contributed by atoms with Gasteiger partial charge in [0.25, 0.3) is 0 Å². The standard InChI is InChI=1S/C18H19NO5S2/c1-25-16-7-5-15(6-8-16)24-18(20)14-3-2-4-17(13-14)26(21,22)19-9-11-23-12-10-19/h2-8,13H,9-12H2,1H3. The number of sulfonamides is 1. The highest BCUT2D eigenvalue weighted by Gasteiger charge is 2.27. The zero-order valence-electron chi connectivity index (χ0n) is 14.3.